The summed E-state index contributed by atoms with van der Waals surface area (Å²) in [5.74, 6) is 0. The van der Waals surface area contributed by atoms with Crippen LogP contribution in [0, 0.1) is 0 Å². The van der Waals surface area contributed by atoms with E-state index in [1.54, 1.807) is 0 Å². The second-order valence-corrected chi connectivity index (χ2v) is 5.11. The van der Waals surface area contributed by atoms with Gasteiger partial charge in [-0.2, -0.15) is 0 Å². The van der Waals surface area contributed by atoms with E-state index in [0.29, 0.717) is 52.9 Å². The zero-order valence-corrected chi connectivity index (χ0v) is 16.7. The molecule has 0 aliphatic rings. The van der Waals surface area contributed by atoms with E-state index >= 15 is 0 Å². The van der Waals surface area contributed by atoms with Crippen molar-refractivity contribution in [3.05, 3.63) is 25.7 Å². The molecule has 0 aromatic heterocycles. The predicted molar refractivity (Wildman–Crippen MR) is 104 cm³/mol. The lowest BCUT2D eigenvalue weighted by Crippen LogP contribution is -2.10. The van der Waals surface area contributed by atoms with Gasteiger partial charge in [0.2, 0.25) is 0 Å². The van der Waals surface area contributed by atoms with Crippen LogP contribution in [0.15, 0.2) is 25.7 Å². The normalized spacial score (nSPS) is 9.64. The quantitative estimate of drug-likeness (QED) is 0.188. The van der Waals surface area contributed by atoms with Crippen LogP contribution in [-0.2, 0) is 28.4 Å². The third kappa shape index (κ3) is 29.0. The second kappa shape index (κ2) is 27.4. The predicted octanol–water partition coefficient (Wildman–Crippen LogP) is 2.02. The van der Waals surface area contributed by atoms with Crippen LogP contribution in [-0.4, -0.2) is 82.4 Å². The molecule has 0 heterocycles. The fourth-order valence-corrected chi connectivity index (χ4v) is 1.55. The summed E-state index contributed by atoms with van der Waals surface area (Å²) in [6.45, 7) is 10.4. The zero-order valence-electron chi connectivity index (χ0n) is 16.7. The highest BCUT2D eigenvalue weighted by Gasteiger charge is 2.02. The molecule has 0 fully saturated rings. The Hall–Kier alpha value is -1.81. The lowest BCUT2D eigenvalue weighted by atomic mass is 10.3. The van der Waals surface area contributed by atoms with Gasteiger partial charge in [0.25, 0.3) is 0 Å². The molecule has 0 saturated heterocycles. The Balaban J connectivity index is 0. The number of ether oxygens (including phenoxy) is 6. The molecule has 0 bridgehead atoms. The first-order valence-electron chi connectivity index (χ1n) is 9.34. The van der Waals surface area contributed by atoms with Crippen molar-refractivity contribution < 1.29 is 43.4 Å². The van der Waals surface area contributed by atoms with Crippen LogP contribution >= 0.6 is 0 Å². The topological polar surface area (TPSA) is 113 Å². The fourth-order valence-electron chi connectivity index (χ4n) is 1.55. The molecule has 0 unspecified atom stereocenters. The zero-order chi connectivity index (χ0) is 21.1. The Bertz CT molecular complexity index is 307. The number of unbranched alkanes of at least 4 members (excludes halogenated alkanes) is 2. The molecule has 2 N–H and O–H groups in total. The Labute approximate surface area is 167 Å². The molecule has 9 heteroatoms. The standard InChI is InChI=1S/C13H22O5.C6H14O4/c1-3-15-9-5-7-11-17-13(14)18-12-8-6-10-16-4-2;7-1-3-9-5-6-10-4-2-8/h3-4H,1-2,5-12H2;7-8H,1-6H2. The third-order valence-corrected chi connectivity index (χ3v) is 2.83. The van der Waals surface area contributed by atoms with E-state index in [-0.39, 0.29) is 13.2 Å². The van der Waals surface area contributed by atoms with Crippen LogP contribution in [0.5, 0.6) is 0 Å². The van der Waals surface area contributed by atoms with Gasteiger partial charge in [0.05, 0.1) is 78.6 Å². The minimum Gasteiger partial charge on any atom is -0.502 e. The monoisotopic (exact) mass is 408 g/mol. The highest BCUT2D eigenvalue weighted by Crippen LogP contribution is 1.96. The average Bonchev–Trinajstić information content (AvgIpc) is 2.70. The number of hydrogen-bond acceptors (Lipinski definition) is 9. The maximum Gasteiger partial charge on any atom is 0.508 e. The lowest BCUT2D eigenvalue weighted by Gasteiger charge is -2.06. The van der Waals surface area contributed by atoms with Gasteiger partial charge in [-0.3, -0.25) is 0 Å². The Morgan fingerprint density at radius 2 is 1.04 bits per heavy atom. The van der Waals surface area contributed by atoms with Crippen molar-refractivity contribution in [3.63, 3.8) is 0 Å². The summed E-state index contributed by atoms with van der Waals surface area (Å²) in [5, 5.41) is 16.5. The number of aliphatic hydroxyl groups excluding tert-OH is 2. The molecule has 0 aliphatic heterocycles. The first kappa shape index (κ1) is 28.4. The van der Waals surface area contributed by atoms with Gasteiger partial charge in [-0.25, -0.2) is 4.79 Å². The van der Waals surface area contributed by atoms with Crippen LogP contribution in [0.4, 0.5) is 4.79 Å². The van der Waals surface area contributed by atoms with Gasteiger partial charge < -0.3 is 38.6 Å². The van der Waals surface area contributed by atoms with Crippen molar-refractivity contribution in [1.29, 1.82) is 0 Å². The molecule has 0 aliphatic carbocycles. The highest BCUT2D eigenvalue weighted by molar-refractivity contribution is 5.59. The summed E-state index contributed by atoms with van der Waals surface area (Å²) >= 11 is 0. The molecule has 9 nitrogen and oxygen atoms in total. The molecule has 0 amide bonds. The fraction of sp³-hybridized carbons (Fsp3) is 0.737. The van der Waals surface area contributed by atoms with Crippen molar-refractivity contribution >= 4 is 6.16 Å². The Morgan fingerprint density at radius 3 is 1.39 bits per heavy atom. The van der Waals surface area contributed by atoms with Crippen LogP contribution in [0.2, 0.25) is 0 Å². The summed E-state index contributed by atoms with van der Waals surface area (Å²) in [4.78, 5) is 11.1. The molecule has 0 aromatic carbocycles. The number of carbonyl (C=O) groups is 1. The van der Waals surface area contributed by atoms with Crippen molar-refractivity contribution in [3.8, 4) is 0 Å². The molecule has 0 rings (SSSR count). The molecule has 0 aromatic rings. The summed E-state index contributed by atoms with van der Waals surface area (Å²) in [6.07, 6.45) is 5.29. The number of rotatable bonds is 19. The number of aliphatic hydroxyl groups is 2. The van der Waals surface area contributed by atoms with Crippen molar-refractivity contribution in [2.45, 2.75) is 25.7 Å². The Kier molecular flexibility index (Phi) is 27.8. The van der Waals surface area contributed by atoms with E-state index in [1.807, 2.05) is 0 Å². The highest BCUT2D eigenvalue weighted by atomic mass is 16.7. The van der Waals surface area contributed by atoms with Crippen molar-refractivity contribution in [1.82, 2.24) is 0 Å². The average molecular weight is 408 g/mol. The van der Waals surface area contributed by atoms with E-state index in [9.17, 15) is 4.79 Å². The van der Waals surface area contributed by atoms with Crippen molar-refractivity contribution in [2.75, 3.05) is 66.1 Å². The van der Waals surface area contributed by atoms with Gasteiger partial charge in [0, 0.05) is 0 Å². The lowest BCUT2D eigenvalue weighted by molar-refractivity contribution is 0.0222. The third-order valence-electron chi connectivity index (χ3n) is 2.83. The molecule has 28 heavy (non-hydrogen) atoms. The van der Waals surface area contributed by atoms with Crippen LogP contribution < -0.4 is 0 Å². The van der Waals surface area contributed by atoms with E-state index in [4.69, 9.17) is 38.6 Å². The van der Waals surface area contributed by atoms with Gasteiger partial charge in [-0.05, 0) is 25.7 Å². The molecule has 0 spiro atoms. The van der Waals surface area contributed by atoms with E-state index in [1.165, 1.54) is 12.5 Å². The Morgan fingerprint density at radius 1 is 0.643 bits per heavy atom. The van der Waals surface area contributed by atoms with Gasteiger partial charge in [-0.15, -0.1) is 0 Å². The maximum atomic E-state index is 11.1. The molecule has 166 valence electrons. The molecule has 0 radical (unpaired) electrons. The second-order valence-electron chi connectivity index (χ2n) is 5.11. The van der Waals surface area contributed by atoms with E-state index in [0.717, 1.165) is 25.7 Å². The minimum absolute atomic E-state index is 0.0417. The van der Waals surface area contributed by atoms with Gasteiger partial charge in [-0.1, -0.05) is 13.2 Å². The van der Waals surface area contributed by atoms with E-state index in [2.05, 4.69) is 13.2 Å². The first-order valence-corrected chi connectivity index (χ1v) is 9.34. The number of carbonyl (C=O) groups excluding carboxylic acids is 1. The first-order chi connectivity index (χ1) is 13.7. The summed E-state index contributed by atoms with van der Waals surface area (Å²) < 4.78 is 29.3. The van der Waals surface area contributed by atoms with Crippen molar-refractivity contribution in [2.24, 2.45) is 0 Å². The molecule has 0 atom stereocenters. The largest absolute Gasteiger partial charge is 0.508 e. The molecule has 0 saturated carbocycles. The summed E-state index contributed by atoms with van der Waals surface area (Å²) in [6, 6.07) is 0. The van der Waals surface area contributed by atoms with Gasteiger partial charge in [0.15, 0.2) is 0 Å². The SMILES string of the molecule is C=COCCCCOC(=O)OCCCCOC=C.OCCOCCOCCO. The van der Waals surface area contributed by atoms with Gasteiger partial charge in [0.1, 0.15) is 0 Å². The smallest absolute Gasteiger partial charge is 0.502 e. The molecular formula is C19H36O9. The maximum absolute atomic E-state index is 11.1. The summed E-state index contributed by atoms with van der Waals surface area (Å²) in [5.41, 5.74) is 0. The van der Waals surface area contributed by atoms with Crippen LogP contribution in [0.1, 0.15) is 25.7 Å². The summed E-state index contributed by atoms with van der Waals surface area (Å²) in [7, 11) is 0. The van der Waals surface area contributed by atoms with E-state index < -0.39 is 6.16 Å². The molecular weight excluding hydrogens is 372 g/mol. The van der Waals surface area contributed by atoms with Crippen LogP contribution in [0.25, 0.3) is 0 Å². The number of hydrogen-bond donors (Lipinski definition) is 2. The minimum atomic E-state index is -0.621. The van der Waals surface area contributed by atoms with Gasteiger partial charge >= 0.3 is 6.16 Å². The van der Waals surface area contributed by atoms with Crippen LogP contribution in [0.3, 0.4) is 0 Å².